The molecule has 1 aliphatic rings. The molecule has 0 unspecified atom stereocenters. The summed E-state index contributed by atoms with van der Waals surface area (Å²) in [5.41, 5.74) is 0.148. The van der Waals surface area contributed by atoms with Crippen LogP contribution in [0.25, 0.3) is 16.7 Å². The number of rotatable bonds is 4. The Bertz CT molecular complexity index is 1090. The van der Waals surface area contributed by atoms with E-state index < -0.39 is 11.6 Å². The zero-order valence-corrected chi connectivity index (χ0v) is 16.9. The lowest BCUT2D eigenvalue weighted by Crippen LogP contribution is -2.44. The number of anilines is 2. The number of amides is 1. The number of hydrogen-bond acceptors (Lipinski definition) is 7. The minimum Gasteiger partial charge on any atom is -0.352 e. The van der Waals surface area contributed by atoms with E-state index in [2.05, 4.69) is 42.2 Å². The van der Waals surface area contributed by atoms with E-state index in [4.69, 9.17) is 0 Å². The van der Waals surface area contributed by atoms with Crippen molar-refractivity contribution >= 4 is 28.4 Å². The van der Waals surface area contributed by atoms with E-state index in [0.717, 1.165) is 44.7 Å². The molecule has 0 aromatic carbocycles. The fraction of sp³-hybridized carbons (Fsp3) is 0.421. The highest BCUT2D eigenvalue weighted by Gasteiger charge is 2.28. The van der Waals surface area contributed by atoms with Crippen molar-refractivity contribution in [2.75, 3.05) is 43.4 Å². The standard InChI is InChI=1S/C19H22F2N8O/c1-12(30)24-16-8-14-13(9-23-16)18(28-6-4-27(3)5-7-28)26-29(14)17-11-22-10-15(25-17)19(2,20)21/h8-11H,4-7H2,1-3H3,(H,23,24,30). The van der Waals surface area contributed by atoms with Crippen LogP contribution in [0.3, 0.4) is 0 Å². The molecule has 0 spiro atoms. The van der Waals surface area contributed by atoms with Crippen LogP contribution in [0.4, 0.5) is 20.4 Å². The second-order valence-corrected chi connectivity index (χ2v) is 7.44. The van der Waals surface area contributed by atoms with Gasteiger partial charge in [0.1, 0.15) is 11.5 Å². The highest BCUT2D eigenvalue weighted by atomic mass is 19.3. The van der Waals surface area contributed by atoms with Gasteiger partial charge in [-0.3, -0.25) is 9.78 Å². The van der Waals surface area contributed by atoms with Crippen LogP contribution in [0.1, 0.15) is 19.5 Å². The van der Waals surface area contributed by atoms with E-state index in [9.17, 15) is 13.6 Å². The summed E-state index contributed by atoms with van der Waals surface area (Å²) in [6, 6.07) is 1.65. The molecule has 1 fully saturated rings. The molecule has 4 heterocycles. The Kier molecular flexibility index (Phi) is 5.06. The lowest BCUT2D eigenvalue weighted by molar-refractivity contribution is -0.114. The molecule has 0 radical (unpaired) electrons. The van der Waals surface area contributed by atoms with Crippen molar-refractivity contribution in [3.8, 4) is 5.82 Å². The third kappa shape index (κ3) is 3.92. The molecule has 11 heteroatoms. The largest absolute Gasteiger partial charge is 0.352 e. The van der Waals surface area contributed by atoms with Gasteiger partial charge < -0.3 is 15.1 Å². The van der Waals surface area contributed by atoms with Gasteiger partial charge in [-0.15, -0.1) is 5.10 Å². The maximum Gasteiger partial charge on any atom is 0.288 e. The van der Waals surface area contributed by atoms with E-state index in [0.29, 0.717) is 17.2 Å². The number of nitrogens with one attached hydrogen (secondary N) is 1. The summed E-state index contributed by atoms with van der Waals surface area (Å²) >= 11 is 0. The van der Waals surface area contributed by atoms with E-state index in [-0.39, 0.29) is 11.7 Å². The molecule has 1 amide bonds. The number of alkyl halides is 2. The minimum absolute atomic E-state index is 0.166. The van der Waals surface area contributed by atoms with Crippen LogP contribution in [0.15, 0.2) is 24.7 Å². The van der Waals surface area contributed by atoms with Crippen LogP contribution >= 0.6 is 0 Å². The van der Waals surface area contributed by atoms with E-state index in [1.54, 1.807) is 12.3 Å². The van der Waals surface area contributed by atoms with Crippen molar-refractivity contribution in [3.63, 3.8) is 0 Å². The zero-order chi connectivity index (χ0) is 21.5. The Morgan fingerprint density at radius 3 is 2.57 bits per heavy atom. The number of aromatic nitrogens is 5. The van der Waals surface area contributed by atoms with Gasteiger partial charge >= 0.3 is 0 Å². The molecule has 3 aromatic heterocycles. The Labute approximate surface area is 171 Å². The fourth-order valence-corrected chi connectivity index (χ4v) is 3.34. The van der Waals surface area contributed by atoms with Crippen molar-refractivity contribution in [3.05, 3.63) is 30.4 Å². The van der Waals surface area contributed by atoms with E-state index >= 15 is 0 Å². The average molecular weight is 416 g/mol. The summed E-state index contributed by atoms with van der Waals surface area (Å²) in [5.74, 6) is -2.20. The zero-order valence-electron chi connectivity index (χ0n) is 16.9. The van der Waals surface area contributed by atoms with Crippen molar-refractivity contribution < 1.29 is 13.6 Å². The van der Waals surface area contributed by atoms with Crippen molar-refractivity contribution in [2.24, 2.45) is 0 Å². The molecule has 0 aliphatic carbocycles. The predicted octanol–water partition coefficient (Wildman–Crippen LogP) is 2.03. The second-order valence-electron chi connectivity index (χ2n) is 7.44. The van der Waals surface area contributed by atoms with Crippen molar-refractivity contribution in [2.45, 2.75) is 19.8 Å². The third-order valence-electron chi connectivity index (χ3n) is 4.94. The Balaban J connectivity index is 1.86. The molecule has 158 valence electrons. The predicted molar refractivity (Wildman–Crippen MR) is 108 cm³/mol. The molecular weight excluding hydrogens is 394 g/mol. The van der Waals surface area contributed by atoms with Gasteiger partial charge in [0, 0.05) is 52.3 Å². The van der Waals surface area contributed by atoms with Crippen LogP contribution in [-0.2, 0) is 10.7 Å². The van der Waals surface area contributed by atoms with Crippen LogP contribution in [0, 0.1) is 0 Å². The highest BCUT2D eigenvalue weighted by Crippen LogP contribution is 2.31. The van der Waals surface area contributed by atoms with Gasteiger partial charge in [-0.05, 0) is 7.05 Å². The number of fused-ring (bicyclic) bond motifs is 1. The first-order valence-corrected chi connectivity index (χ1v) is 9.53. The quantitative estimate of drug-likeness (QED) is 0.696. The number of likely N-dealkylation sites (N-methyl/N-ethyl adjacent to an activating group) is 1. The molecule has 3 aromatic rings. The molecule has 1 aliphatic heterocycles. The number of halogens is 2. The number of piperazine rings is 1. The topological polar surface area (TPSA) is 92.1 Å². The van der Waals surface area contributed by atoms with Gasteiger partial charge in [-0.1, -0.05) is 0 Å². The molecule has 0 atom stereocenters. The summed E-state index contributed by atoms with van der Waals surface area (Å²) in [6.45, 7) is 5.46. The van der Waals surface area contributed by atoms with Gasteiger partial charge in [0.15, 0.2) is 11.6 Å². The normalized spacial score (nSPS) is 15.6. The minimum atomic E-state index is -3.13. The maximum atomic E-state index is 13.8. The monoisotopic (exact) mass is 416 g/mol. The first kappa shape index (κ1) is 20.1. The van der Waals surface area contributed by atoms with E-state index in [1.807, 2.05) is 0 Å². The third-order valence-corrected chi connectivity index (χ3v) is 4.94. The van der Waals surface area contributed by atoms with Crippen LogP contribution in [-0.4, -0.2) is 68.8 Å². The lowest BCUT2D eigenvalue weighted by Gasteiger charge is -2.32. The van der Waals surface area contributed by atoms with Crippen LogP contribution in [0.5, 0.6) is 0 Å². The van der Waals surface area contributed by atoms with Crippen molar-refractivity contribution in [1.82, 2.24) is 29.6 Å². The van der Waals surface area contributed by atoms with Crippen LogP contribution in [0.2, 0.25) is 0 Å². The SMILES string of the molecule is CC(=O)Nc1cc2c(cn1)c(N1CCN(C)CC1)nn2-c1cncc(C(C)(F)F)n1. The summed E-state index contributed by atoms with van der Waals surface area (Å²) in [6.07, 6.45) is 4.05. The molecule has 30 heavy (non-hydrogen) atoms. The Morgan fingerprint density at radius 1 is 1.17 bits per heavy atom. The molecular formula is C19H22F2N8O. The van der Waals surface area contributed by atoms with Gasteiger partial charge in [0.25, 0.3) is 5.92 Å². The molecule has 1 N–H and O–H groups in total. The number of carbonyl (C=O) groups excluding carboxylic acids is 1. The summed E-state index contributed by atoms with van der Waals surface area (Å²) in [7, 11) is 2.06. The molecule has 0 bridgehead atoms. The highest BCUT2D eigenvalue weighted by molar-refractivity contribution is 5.95. The Hall–Kier alpha value is -3.21. The molecule has 9 nitrogen and oxygen atoms in total. The van der Waals surface area contributed by atoms with Gasteiger partial charge in [0.05, 0.1) is 23.3 Å². The number of nitrogens with zero attached hydrogens (tertiary/aromatic N) is 7. The maximum absolute atomic E-state index is 13.8. The first-order chi connectivity index (χ1) is 14.2. The van der Waals surface area contributed by atoms with Crippen molar-refractivity contribution in [1.29, 1.82) is 0 Å². The van der Waals surface area contributed by atoms with E-state index in [1.165, 1.54) is 17.8 Å². The van der Waals surface area contributed by atoms with Gasteiger partial charge in [-0.25, -0.2) is 14.6 Å². The molecule has 4 rings (SSSR count). The molecule has 1 saturated heterocycles. The number of pyridine rings is 1. The second kappa shape index (κ2) is 7.56. The summed E-state index contributed by atoms with van der Waals surface area (Å²) in [4.78, 5) is 28.1. The fourth-order valence-electron chi connectivity index (χ4n) is 3.34. The first-order valence-electron chi connectivity index (χ1n) is 9.53. The number of carbonyl (C=O) groups is 1. The van der Waals surface area contributed by atoms with Gasteiger partial charge in [0.2, 0.25) is 5.91 Å². The Morgan fingerprint density at radius 2 is 1.90 bits per heavy atom. The average Bonchev–Trinajstić information content (AvgIpc) is 3.06. The smallest absolute Gasteiger partial charge is 0.288 e. The molecule has 0 saturated carbocycles. The van der Waals surface area contributed by atoms with Crippen LogP contribution < -0.4 is 10.2 Å². The summed E-state index contributed by atoms with van der Waals surface area (Å²) < 4.78 is 29.1. The summed E-state index contributed by atoms with van der Waals surface area (Å²) in [5, 5.41) is 8.05. The lowest BCUT2D eigenvalue weighted by atomic mass is 10.2. The number of hydrogen-bond donors (Lipinski definition) is 1. The van der Waals surface area contributed by atoms with Gasteiger partial charge in [-0.2, -0.15) is 8.78 Å².